The number of nitrogens with zero attached hydrogens (tertiary/aromatic N) is 2. The van der Waals surface area contributed by atoms with E-state index in [0.717, 1.165) is 0 Å². The monoisotopic (exact) mass is 212 g/mol. The second kappa shape index (κ2) is 4.50. The summed E-state index contributed by atoms with van der Waals surface area (Å²) in [6, 6.07) is 4.17. The van der Waals surface area contributed by atoms with Gasteiger partial charge in [-0.25, -0.2) is 9.79 Å². The number of nitro groups is 1. The number of benzene rings is 1. The fourth-order valence-corrected chi connectivity index (χ4v) is 1.19. The Morgan fingerprint density at radius 3 is 2.79 bits per heavy atom. The molecule has 0 amide bonds. The van der Waals surface area contributed by atoms with Crippen LogP contribution in [0.3, 0.4) is 0 Å². The van der Waals surface area contributed by atoms with E-state index in [0.29, 0.717) is 5.56 Å². The normalized spacial score (nSPS) is 9.21. The number of rotatable bonds is 3. The average Bonchev–Trinajstić information content (AvgIpc) is 2.14. The van der Waals surface area contributed by atoms with Crippen molar-refractivity contribution in [2.75, 3.05) is 0 Å². The highest BCUT2D eigenvalue weighted by Gasteiger charge is 2.11. The van der Waals surface area contributed by atoms with Crippen LogP contribution >= 0.6 is 11.6 Å². The Labute approximate surface area is 84.2 Å². The van der Waals surface area contributed by atoms with Crippen LogP contribution in [0.5, 0.6) is 0 Å². The summed E-state index contributed by atoms with van der Waals surface area (Å²) < 4.78 is 0. The Kier molecular flexibility index (Phi) is 3.34. The molecule has 0 aliphatic carbocycles. The van der Waals surface area contributed by atoms with Crippen molar-refractivity contribution < 1.29 is 9.72 Å². The van der Waals surface area contributed by atoms with E-state index >= 15 is 0 Å². The molecule has 0 fully saturated rings. The van der Waals surface area contributed by atoms with Crippen LogP contribution in [0.1, 0.15) is 5.56 Å². The van der Waals surface area contributed by atoms with Crippen LogP contribution in [0.4, 0.5) is 5.69 Å². The van der Waals surface area contributed by atoms with E-state index < -0.39 is 4.92 Å². The van der Waals surface area contributed by atoms with Gasteiger partial charge in [-0.3, -0.25) is 10.1 Å². The molecule has 0 bridgehead atoms. The Balaban J connectivity index is 3.00. The van der Waals surface area contributed by atoms with Gasteiger partial charge in [0.1, 0.15) is 5.02 Å². The minimum absolute atomic E-state index is 0.0357. The van der Waals surface area contributed by atoms with Crippen LogP contribution in [0, 0.1) is 10.1 Å². The minimum Gasteiger partial charge on any atom is -0.258 e. The molecular formula is C8H5ClN2O3. The maximum absolute atomic E-state index is 10.4. The fourth-order valence-electron chi connectivity index (χ4n) is 0.920. The lowest BCUT2D eigenvalue weighted by Gasteiger charge is -1.97. The van der Waals surface area contributed by atoms with Crippen LogP contribution in [0.25, 0.3) is 0 Å². The molecule has 0 unspecified atom stereocenters. The Bertz CT molecular complexity index is 413. The molecule has 0 radical (unpaired) electrons. The van der Waals surface area contributed by atoms with E-state index in [1.54, 1.807) is 0 Å². The molecule has 14 heavy (non-hydrogen) atoms. The van der Waals surface area contributed by atoms with Gasteiger partial charge in [-0.1, -0.05) is 17.7 Å². The van der Waals surface area contributed by atoms with Crippen molar-refractivity contribution in [3.05, 3.63) is 38.9 Å². The molecule has 0 saturated heterocycles. The predicted octanol–water partition coefficient (Wildman–Crippen LogP) is 2.08. The first-order valence-corrected chi connectivity index (χ1v) is 3.99. The summed E-state index contributed by atoms with van der Waals surface area (Å²) in [6.45, 7) is 0.126. The third-order valence-corrected chi connectivity index (χ3v) is 1.84. The third-order valence-electron chi connectivity index (χ3n) is 1.53. The second-order valence-electron chi connectivity index (χ2n) is 2.45. The van der Waals surface area contributed by atoms with Crippen LogP contribution in [-0.2, 0) is 11.3 Å². The summed E-state index contributed by atoms with van der Waals surface area (Å²) in [6.07, 6.45) is 1.37. The van der Waals surface area contributed by atoms with Crippen molar-refractivity contribution in [3.63, 3.8) is 0 Å². The van der Waals surface area contributed by atoms with Crippen LogP contribution in [-0.4, -0.2) is 11.0 Å². The van der Waals surface area contributed by atoms with Crippen molar-refractivity contribution in [3.8, 4) is 0 Å². The van der Waals surface area contributed by atoms with E-state index in [1.807, 2.05) is 0 Å². The van der Waals surface area contributed by atoms with Gasteiger partial charge < -0.3 is 0 Å². The van der Waals surface area contributed by atoms with E-state index in [1.165, 1.54) is 24.3 Å². The molecule has 0 aliphatic rings. The number of halogens is 1. The number of carbonyl (C=O) groups excluding carboxylic acids is 1. The Hall–Kier alpha value is -1.71. The van der Waals surface area contributed by atoms with Crippen LogP contribution < -0.4 is 0 Å². The van der Waals surface area contributed by atoms with Gasteiger partial charge in [-0.15, -0.1) is 0 Å². The second-order valence-corrected chi connectivity index (χ2v) is 2.86. The topological polar surface area (TPSA) is 72.6 Å². The smallest absolute Gasteiger partial charge is 0.258 e. The lowest BCUT2D eigenvalue weighted by molar-refractivity contribution is -0.384. The quantitative estimate of drug-likeness (QED) is 0.333. The number of hydrogen-bond acceptors (Lipinski definition) is 4. The Morgan fingerprint density at radius 1 is 1.57 bits per heavy atom. The van der Waals surface area contributed by atoms with Crippen molar-refractivity contribution in [1.82, 2.24) is 0 Å². The summed E-state index contributed by atoms with van der Waals surface area (Å²) in [5, 5.41) is 10.4. The molecule has 6 heteroatoms. The van der Waals surface area contributed by atoms with E-state index in [-0.39, 0.29) is 17.3 Å². The average molecular weight is 213 g/mol. The van der Waals surface area contributed by atoms with Gasteiger partial charge >= 0.3 is 0 Å². The highest BCUT2D eigenvalue weighted by molar-refractivity contribution is 6.32. The first-order chi connectivity index (χ1) is 6.65. The van der Waals surface area contributed by atoms with Crippen LogP contribution in [0.2, 0.25) is 5.02 Å². The van der Waals surface area contributed by atoms with Gasteiger partial charge in [0.2, 0.25) is 6.08 Å². The first-order valence-electron chi connectivity index (χ1n) is 3.61. The fraction of sp³-hybridized carbons (Fsp3) is 0.125. The maximum Gasteiger partial charge on any atom is 0.287 e. The molecule has 0 spiro atoms. The van der Waals surface area contributed by atoms with Gasteiger partial charge in [0.25, 0.3) is 5.69 Å². The van der Waals surface area contributed by atoms with E-state index in [2.05, 4.69) is 4.99 Å². The zero-order valence-electron chi connectivity index (χ0n) is 6.94. The number of nitro benzene ring substituents is 1. The standard InChI is InChI=1S/C8H5ClN2O3/c9-7-3-6(4-10-5-12)1-2-8(7)11(13)14/h1-3H,4H2. The molecule has 0 saturated carbocycles. The number of aliphatic imine (C=N–C) groups is 1. The minimum atomic E-state index is -0.574. The molecule has 1 aromatic carbocycles. The lowest BCUT2D eigenvalue weighted by Crippen LogP contribution is -1.90. The predicted molar refractivity (Wildman–Crippen MR) is 49.9 cm³/mol. The van der Waals surface area contributed by atoms with Gasteiger partial charge in [0.15, 0.2) is 0 Å². The summed E-state index contributed by atoms with van der Waals surface area (Å²) in [4.78, 5) is 22.9. The van der Waals surface area contributed by atoms with E-state index in [4.69, 9.17) is 11.6 Å². The van der Waals surface area contributed by atoms with Crippen molar-refractivity contribution >= 4 is 23.4 Å². The van der Waals surface area contributed by atoms with Gasteiger partial charge in [0.05, 0.1) is 11.5 Å². The highest BCUT2D eigenvalue weighted by atomic mass is 35.5. The summed E-state index contributed by atoms with van der Waals surface area (Å²) in [7, 11) is 0. The molecule has 0 aliphatic heterocycles. The zero-order valence-corrected chi connectivity index (χ0v) is 7.69. The van der Waals surface area contributed by atoms with Gasteiger partial charge in [-0.05, 0) is 11.6 Å². The molecule has 72 valence electrons. The van der Waals surface area contributed by atoms with Gasteiger partial charge in [0, 0.05) is 6.07 Å². The molecule has 5 nitrogen and oxygen atoms in total. The summed E-state index contributed by atoms with van der Waals surface area (Å²) >= 11 is 5.62. The number of hydrogen-bond donors (Lipinski definition) is 0. The van der Waals surface area contributed by atoms with Gasteiger partial charge in [-0.2, -0.15) is 0 Å². The molecule has 0 atom stereocenters. The molecule has 0 aromatic heterocycles. The third kappa shape index (κ3) is 2.39. The first kappa shape index (κ1) is 10.4. The van der Waals surface area contributed by atoms with Crippen molar-refractivity contribution in [2.24, 2.45) is 4.99 Å². The molecule has 1 aromatic rings. The zero-order chi connectivity index (χ0) is 10.6. The summed E-state index contributed by atoms with van der Waals surface area (Å²) in [5.41, 5.74) is 0.467. The molecular weight excluding hydrogens is 208 g/mol. The highest BCUT2D eigenvalue weighted by Crippen LogP contribution is 2.25. The molecule has 1 rings (SSSR count). The summed E-state index contributed by atoms with van der Waals surface area (Å²) in [5.74, 6) is 0. The number of isocyanates is 1. The molecule has 0 N–H and O–H groups in total. The Morgan fingerprint density at radius 2 is 2.29 bits per heavy atom. The van der Waals surface area contributed by atoms with E-state index in [9.17, 15) is 14.9 Å². The van der Waals surface area contributed by atoms with Crippen LogP contribution in [0.15, 0.2) is 23.2 Å². The largest absolute Gasteiger partial charge is 0.287 e. The molecule has 0 heterocycles. The SMILES string of the molecule is O=C=NCc1ccc([N+](=O)[O-])c(Cl)c1. The van der Waals surface area contributed by atoms with Crippen molar-refractivity contribution in [1.29, 1.82) is 0 Å². The maximum atomic E-state index is 10.4. The lowest BCUT2D eigenvalue weighted by atomic mass is 10.2. The van der Waals surface area contributed by atoms with Crippen molar-refractivity contribution in [2.45, 2.75) is 6.54 Å².